The van der Waals surface area contributed by atoms with Gasteiger partial charge in [-0.05, 0) is 44.4 Å². The van der Waals surface area contributed by atoms with E-state index in [-0.39, 0.29) is 36.4 Å². The van der Waals surface area contributed by atoms with Gasteiger partial charge in [-0.3, -0.25) is 9.48 Å². The maximum absolute atomic E-state index is 11.8. The zero-order valence-corrected chi connectivity index (χ0v) is 20.3. The lowest BCUT2D eigenvalue weighted by molar-refractivity contribution is -0.127. The first kappa shape index (κ1) is 25.0. The summed E-state index contributed by atoms with van der Waals surface area (Å²) in [5.74, 6) is 1.52. The molecule has 0 bridgehead atoms. The predicted octanol–water partition coefficient (Wildman–Crippen LogP) is 2.05. The van der Waals surface area contributed by atoms with E-state index in [9.17, 15) is 4.79 Å². The molecule has 9 heteroatoms. The first-order valence-corrected chi connectivity index (χ1v) is 9.62. The molecule has 2 aromatic rings. The SMILES string of the molecule is Cc1nn(C)c(C)c1CCCNC(=NCC(=O)N(C)C)NCCc1ccco1.I. The number of aromatic nitrogens is 2. The number of carbonyl (C=O) groups is 1. The number of aryl methyl sites for hydroxylation is 2. The number of furan rings is 1. The minimum absolute atomic E-state index is 0. The summed E-state index contributed by atoms with van der Waals surface area (Å²) in [5, 5.41) is 11.1. The average molecular weight is 516 g/mol. The average Bonchev–Trinajstić information content (AvgIpc) is 3.25. The lowest BCUT2D eigenvalue weighted by Crippen LogP contribution is -2.40. The first-order valence-electron chi connectivity index (χ1n) is 9.62. The van der Waals surface area contributed by atoms with Crippen LogP contribution in [-0.4, -0.2) is 60.3 Å². The highest BCUT2D eigenvalue weighted by atomic mass is 127. The second-order valence-electron chi connectivity index (χ2n) is 7.01. The van der Waals surface area contributed by atoms with E-state index in [1.54, 1.807) is 20.4 Å². The number of halogens is 1. The van der Waals surface area contributed by atoms with Crippen LogP contribution in [0.15, 0.2) is 27.8 Å². The van der Waals surface area contributed by atoms with E-state index >= 15 is 0 Å². The Bertz CT molecular complexity index is 783. The first-order chi connectivity index (χ1) is 13.4. The highest BCUT2D eigenvalue weighted by Crippen LogP contribution is 2.13. The maximum atomic E-state index is 11.8. The summed E-state index contributed by atoms with van der Waals surface area (Å²) in [4.78, 5) is 17.8. The van der Waals surface area contributed by atoms with E-state index in [0.717, 1.165) is 37.3 Å². The van der Waals surface area contributed by atoms with Gasteiger partial charge in [0.05, 0.1) is 12.0 Å². The molecule has 0 fully saturated rings. The molecule has 0 radical (unpaired) electrons. The summed E-state index contributed by atoms with van der Waals surface area (Å²) in [6.45, 7) is 5.70. The zero-order valence-electron chi connectivity index (χ0n) is 18.0. The van der Waals surface area contributed by atoms with E-state index in [2.05, 4.69) is 27.6 Å². The summed E-state index contributed by atoms with van der Waals surface area (Å²) in [7, 11) is 5.43. The molecule has 0 saturated carbocycles. The Kier molecular flexibility index (Phi) is 10.8. The summed E-state index contributed by atoms with van der Waals surface area (Å²) < 4.78 is 7.27. The van der Waals surface area contributed by atoms with Crippen molar-refractivity contribution in [3.8, 4) is 0 Å². The van der Waals surface area contributed by atoms with Gasteiger partial charge < -0.3 is 20.0 Å². The van der Waals surface area contributed by atoms with Gasteiger partial charge in [0.15, 0.2) is 5.96 Å². The fourth-order valence-corrected chi connectivity index (χ4v) is 2.87. The number of nitrogens with one attached hydrogen (secondary N) is 2. The van der Waals surface area contributed by atoms with Gasteiger partial charge in [0, 0.05) is 46.3 Å². The Hall–Kier alpha value is -2.04. The van der Waals surface area contributed by atoms with E-state index in [4.69, 9.17) is 4.42 Å². The predicted molar refractivity (Wildman–Crippen MR) is 126 cm³/mol. The summed E-state index contributed by atoms with van der Waals surface area (Å²) in [6.07, 6.45) is 4.33. The van der Waals surface area contributed by atoms with Gasteiger partial charge in [0.25, 0.3) is 0 Å². The number of hydrogen-bond donors (Lipinski definition) is 2. The topological polar surface area (TPSA) is 87.7 Å². The molecule has 2 heterocycles. The third-order valence-electron chi connectivity index (χ3n) is 4.67. The second-order valence-corrected chi connectivity index (χ2v) is 7.01. The molecular weight excluding hydrogens is 483 g/mol. The highest BCUT2D eigenvalue weighted by molar-refractivity contribution is 14.0. The van der Waals surface area contributed by atoms with Crippen molar-refractivity contribution in [2.75, 3.05) is 33.7 Å². The molecule has 2 N–H and O–H groups in total. The number of rotatable bonds is 9. The van der Waals surface area contributed by atoms with Crippen LogP contribution < -0.4 is 10.6 Å². The molecule has 8 nitrogen and oxygen atoms in total. The third kappa shape index (κ3) is 8.08. The molecule has 0 aliphatic heterocycles. The van der Waals surface area contributed by atoms with Gasteiger partial charge in [-0.2, -0.15) is 5.10 Å². The summed E-state index contributed by atoms with van der Waals surface area (Å²) >= 11 is 0. The third-order valence-corrected chi connectivity index (χ3v) is 4.67. The molecule has 1 amide bonds. The van der Waals surface area contributed by atoms with Crippen LogP contribution >= 0.6 is 24.0 Å². The lowest BCUT2D eigenvalue weighted by Gasteiger charge is -2.13. The molecule has 29 heavy (non-hydrogen) atoms. The number of nitrogens with zero attached hydrogens (tertiary/aromatic N) is 4. The van der Waals surface area contributed by atoms with E-state index in [1.807, 2.05) is 30.8 Å². The lowest BCUT2D eigenvalue weighted by atomic mass is 10.1. The second kappa shape index (κ2) is 12.5. The van der Waals surface area contributed by atoms with Crippen LogP contribution in [-0.2, 0) is 24.7 Å². The van der Waals surface area contributed by atoms with E-state index in [0.29, 0.717) is 12.5 Å². The molecule has 0 aliphatic carbocycles. The molecule has 162 valence electrons. The quantitative estimate of drug-likeness (QED) is 0.231. The Labute approximate surface area is 190 Å². The number of likely N-dealkylation sites (N-methyl/N-ethyl adjacent to an activating group) is 1. The Balaban J connectivity index is 0.00000420. The number of guanidine groups is 1. The number of aliphatic imine (C=N–C) groups is 1. The Morgan fingerprint density at radius 1 is 1.24 bits per heavy atom. The number of hydrogen-bond acceptors (Lipinski definition) is 4. The van der Waals surface area contributed by atoms with Crippen LogP contribution in [0.2, 0.25) is 0 Å². The largest absolute Gasteiger partial charge is 0.469 e. The number of amides is 1. The van der Waals surface area contributed by atoms with Gasteiger partial charge >= 0.3 is 0 Å². The smallest absolute Gasteiger partial charge is 0.243 e. The summed E-state index contributed by atoms with van der Waals surface area (Å²) in [6, 6.07) is 3.82. The van der Waals surface area contributed by atoms with Gasteiger partial charge in [-0.15, -0.1) is 24.0 Å². The number of carbonyl (C=O) groups excluding carboxylic acids is 1. The van der Waals surface area contributed by atoms with Crippen LogP contribution in [0.4, 0.5) is 0 Å². The van der Waals surface area contributed by atoms with Gasteiger partial charge in [-0.1, -0.05) is 0 Å². The van der Waals surface area contributed by atoms with E-state index in [1.165, 1.54) is 16.2 Å². The van der Waals surface area contributed by atoms with Crippen LogP contribution in [0.25, 0.3) is 0 Å². The molecule has 0 spiro atoms. The van der Waals surface area contributed by atoms with Crippen molar-refractivity contribution < 1.29 is 9.21 Å². The van der Waals surface area contributed by atoms with Crippen LogP contribution in [0.1, 0.15) is 29.1 Å². The molecular formula is C20H33IN6O2. The minimum Gasteiger partial charge on any atom is -0.469 e. The molecule has 2 rings (SSSR count). The molecule has 2 aromatic heterocycles. The minimum atomic E-state index is -0.0336. The van der Waals surface area contributed by atoms with Crippen molar-refractivity contribution in [3.05, 3.63) is 41.1 Å². The van der Waals surface area contributed by atoms with E-state index < -0.39 is 0 Å². The Morgan fingerprint density at radius 2 is 1.97 bits per heavy atom. The van der Waals surface area contributed by atoms with Crippen molar-refractivity contribution in [1.82, 2.24) is 25.3 Å². The molecule has 0 unspecified atom stereocenters. The fraction of sp³-hybridized carbons (Fsp3) is 0.550. The molecule has 0 saturated heterocycles. The normalized spacial score (nSPS) is 11.1. The molecule has 0 aromatic carbocycles. The zero-order chi connectivity index (χ0) is 20.5. The Morgan fingerprint density at radius 3 is 2.55 bits per heavy atom. The summed E-state index contributed by atoms with van der Waals surface area (Å²) in [5.41, 5.74) is 3.60. The van der Waals surface area contributed by atoms with Crippen molar-refractivity contribution in [3.63, 3.8) is 0 Å². The van der Waals surface area contributed by atoms with Crippen LogP contribution in [0, 0.1) is 13.8 Å². The van der Waals surface area contributed by atoms with Crippen molar-refractivity contribution in [1.29, 1.82) is 0 Å². The highest BCUT2D eigenvalue weighted by Gasteiger charge is 2.09. The van der Waals surface area contributed by atoms with Gasteiger partial charge in [0.1, 0.15) is 12.3 Å². The standard InChI is InChI=1S/C20H32N6O2.HI/c1-15-18(16(2)26(5)24-15)9-6-11-21-20(23-14-19(27)25(3)4)22-12-10-17-8-7-13-28-17;/h7-8,13H,6,9-12,14H2,1-5H3,(H2,21,22,23);1H. The van der Waals surface area contributed by atoms with Crippen LogP contribution in [0.5, 0.6) is 0 Å². The monoisotopic (exact) mass is 516 g/mol. The van der Waals surface area contributed by atoms with Gasteiger partial charge in [0.2, 0.25) is 5.91 Å². The van der Waals surface area contributed by atoms with Crippen molar-refractivity contribution >= 4 is 35.8 Å². The van der Waals surface area contributed by atoms with Crippen molar-refractivity contribution in [2.24, 2.45) is 12.0 Å². The maximum Gasteiger partial charge on any atom is 0.243 e. The van der Waals surface area contributed by atoms with Crippen LogP contribution in [0.3, 0.4) is 0 Å². The molecule has 0 aliphatic rings. The van der Waals surface area contributed by atoms with Crippen molar-refractivity contribution in [2.45, 2.75) is 33.1 Å². The van der Waals surface area contributed by atoms with Gasteiger partial charge in [-0.25, -0.2) is 4.99 Å². The molecule has 0 atom stereocenters. The fourth-order valence-electron chi connectivity index (χ4n) is 2.87.